The minimum atomic E-state index is -0.219. The highest BCUT2D eigenvalue weighted by Crippen LogP contribution is 2.34. The number of amides is 1. The van der Waals surface area contributed by atoms with Gasteiger partial charge in [-0.2, -0.15) is 0 Å². The zero-order valence-electron chi connectivity index (χ0n) is 13.1. The summed E-state index contributed by atoms with van der Waals surface area (Å²) in [4.78, 5) is 16.8. The number of halogens is 3. The summed E-state index contributed by atoms with van der Waals surface area (Å²) in [6, 6.07) is 13.0. The first kappa shape index (κ1) is 18.3. The Morgan fingerprint density at radius 1 is 1.12 bits per heavy atom. The second-order valence-corrected chi connectivity index (χ2v) is 7.62. The summed E-state index contributed by atoms with van der Waals surface area (Å²) < 4.78 is 0. The van der Waals surface area contributed by atoms with Crippen molar-refractivity contribution in [2.75, 3.05) is 11.1 Å². The summed E-state index contributed by atoms with van der Waals surface area (Å²) in [5.74, 6) is -0.0243. The van der Waals surface area contributed by atoms with Crippen molar-refractivity contribution in [3.63, 3.8) is 0 Å². The van der Waals surface area contributed by atoms with Crippen molar-refractivity contribution in [1.29, 1.82) is 0 Å². The van der Waals surface area contributed by atoms with Crippen LogP contribution in [-0.2, 0) is 4.79 Å². The molecule has 3 nitrogen and oxygen atoms in total. The highest BCUT2D eigenvalue weighted by atomic mass is 35.5. The minimum absolute atomic E-state index is 0.195. The smallest absolute Gasteiger partial charge is 0.234 e. The zero-order chi connectivity index (χ0) is 18.0. The summed E-state index contributed by atoms with van der Waals surface area (Å²) in [6.45, 7) is 2.03. The van der Waals surface area contributed by atoms with Crippen LogP contribution >= 0.6 is 46.6 Å². The van der Waals surface area contributed by atoms with Crippen LogP contribution in [0.1, 0.15) is 5.56 Å². The lowest BCUT2D eigenvalue weighted by Crippen LogP contribution is -2.14. The van der Waals surface area contributed by atoms with Crippen molar-refractivity contribution in [1.82, 2.24) is 4.98 Å². The quantitative estimate of drug-likeness (QED) is 0.517. The normalized spacial score (nSPS) is 10.9. The summed E-state index contributed by atoms with van der Waals surface area (Å²) >= 11 is 19.4. The molecule has 3 rings (SSSR count). The number of hydrogen-bond donors (Lipinski definition) is 1. The van der Waals surface area contributed by atoms with Gasteiger partial charge in [0.25, 0.3) is 0 Å². The first-order valence-electron chi connectivity index (χ1n) is 7.37. The fourth-order valence-electron chi connectivity index (χ4n) is 2.37. The second kappa shape index (κ2) is 7.83. The Kier molecular flexibility index (Phi) is 5.74. The van der Waals surface area contributed by atoms with Gasteiger partial charge < -0.3 is 5.32 Å². The first-order chi connectivity index (χ1) is 11.9. The minimum Gasteiger partial charge on any atom is -0.323 e. The fraction of sp³-hybridized carbons (Fsp3) is 0.111. The Balaban J connectivity index is 1.71. The highest BCUT2D eigenvalue weighted by Gasteiger charge is 2.12. The molecule has 3 aromatic rings. The molecule has 2 aromatic carbocycles. The van der Waals surface area contributed by atoms with Crippen LogP contribution in [0.3, 0.4) is 0 Å². The van der Waals surface area contributed by atoms with Crippen molar-refractivity contribution in [2.24, 2.45) is 0 Å². The molecule has 1 N–H and O–H groups in total. The molecule has 0 radical (unpaired) electrons. The molecule has 0 aliphatic rings. The third-order valence-electron chi connectivity index (χ3n) is 3.52. The molecular weight excluding hydrogens is 399 g/mol. The number of rotatable bonds is 4. The standard InChI is InChI=1S/C18H13Cl3N2OS/c1-10-6-17(22-15-5-3-2-4-12(10)15)25-9-16(24)23-18-13(20)7-11(19)8-14(18)21/h2-8H,9H2,1H3,(H,23,24). The van der Waals surface area contributed by atoms with E-state index in [2.05, 4.69) is 10.3 Å². The number of pyridine rings is 1. The van der Waals surface area contributed by atoms with Crippen LogP contribution in [0.15, 0.2) is 47.5 Å². The van der Waals surface area contributed by atoms with E-state index in [1.54, 1.807) is 0 Å². The fourth-order valence-corrected chi connectivity index (χ4v) is 4.05. The monoisotopic (exact) mass is 410 g/mol. The Bertz CT molecular complexity index is 939. The van der Waals surface area contributed by atoms with Gasteiger partial charge in [-0.3, -0.25) is 4.79 Å². The van der Waals surface area contributed by atoms with Crippen molar-refractivity contribution in [3.05, 3.63) is 63.1 Å². The van der Waals surface area contributed by atoms with Gasteiger partial charge in [-0.05, 0) is 36.8 Å². The van der Waals surface area contributed by atoms with Crippen LogP contribution in [0.25, 0.3) is 10.9 Å². The zero-order valence-corrected chi connectivity index (χ0v) is 16.2. The molecular formula is C18H13Cl3N2OS. The predicted molar refractivity (Wildman–Crippen MR) is 107 cm³/mol. The number of aromatic nitrogens is 1. The molecule has 0 saturated carbocycles. The number of fused-ring (bicyclic) bond motifs is 1. The van der Waals surface area contributed by atoms with E-state index in [1.807, 2.05) is 37.3 Å². The van der Waals surface area contributed by atoms with Gasteiger partial charge in [-0.15, -0.1) is 0 Å². The van der Waals surface area contributed by atoms with Crippen molar-refractivity contribution in [3.8, 4) is 0 Å². The molecule has 1 amide bonds. The van der Waals surface area contributed by atoms with Crippen LogP contribution in [0, 0.1) is 6.92 Å². The lowest BCUT2D eigenvalue weighted by Gasteiger charge is -2.10. The number of aryl methyl sites for hydroxylation is 1. The Morgan fingerprint density at radius 3 is 2.52 bits per heavy atom. The molecule has 0 bridgehead atoms. The average Bonchev–Trinajstić information content (AvgIpc) is 2.56. The van der Waals surface area contributed by atoms with Crippen LogP contribution in [-0.4, -0.2) is 16.6 Å². The first-order valence-corrected chi connectivity index (χ1v) is 9.49. The maximum absolute atomic E-state index is 12.2. The second-order valence-electron chi connectivity index (χ2n) is 5.38. The van der Waals surface area contributed by atoms with Crippen LogP contribution < -0.4 is 5.32 Å². The summed E-state index contributed by atoms with van der Waals surface area (Å²) in [5.41, 5.74) is 2.40. The number of nitrogens with zero attached hydrogens (tertiary/aromatic N) is 1. The van der Waals surface area contributed by atoms with Crippen molar-refractivity contribution < 1.29 is 4.79 Å². The molecule has 0 spiro atoms. The van der Waals surface area contributed by atoms with E-state index in [-0.39, 0.29) is 11.7 Å². The Hall–Kier alpha value is -1.46. The van der Waals surface area contributed by atoms with Gasteiger partial charge in [0.15, 0.2) is 0 Å². The van der Waals surface area contributed by atoms with Crippen molar-refractivity contribution in [2.45, 2.75) is 11.9 Å². The third-order valence-corrected chi connectivity index (χ3v) is 5.25. The van der Waals surface area contributed by atoms with Gasteiger partial charge in [0, 0.05) is 10.4 Å². The number of thioether (sulfide) groups is 1. The number of nitrogens with one attached hydrogen (secondary N) is 1. The predicted octanol–water partition coefficient (Wildman–Crippen LogP) is 6.23. The lowest BCUT2D eigenvalue weighted by atomic mass is 10.1. The van der Waals surface area contributed by atoms with Gasteiger partial charge in [0.2, 0.25) is 5.91 Å². The van der Waals surface area contributed by atoms with Gasteiger partial charge >= 0.3 is 0 Å². The molecule has 1 aromatic heterocycles. The molecule has 0 atom stereocenters. The summed E-state index contributed by atoms with van der Waals surface area (Å²) in [7, 11) is 0. The van der Waals surface area contributed by atoms with Crippen LogP contribution in [0.4, 0.5) is 5.69 Å². The van der Waals surface area contributed by atoms with E-state index in [0.717, 1.165) is 21.5 Å². The molecule has 0 saturated heterocycles. The van der Waals surface area contributed by atoms with E-state index >= 15 is 0 Å². The number of hydrogen-bond acceptors (Lipinski definition) is 3. The summed E-state index contributed by atoms with van der Waals surface area (Å²) in [5, 5.41) is 5.63. The largest absolute Gasteiger partial charge is 0.323 e. The number of para-hydroxylation sites is 1. The molecule has 0 aliphatic carbocycles. The molecule has 25 heavy (non-hydrogen) atoms. The van der Waals surface area contributed by atoms with E-state index in [0.29, 0.717) is 20.8 Å². The van der Waals surface area contributed by atoms with E-state index in [4.69, 9.17) is 34.8 Å². The maximum atomic E-state index is 12.2. The average molecular weight is 412 g/mol. The molecule has 128 valence electrons. The van der Waals surface area contributed by atoms with Gasteiger partial charge in [0.05, 0.1) is 32.0 Å². The molecule has 0 aliphatic heterocycles. The maximum Gasteiger partial charge on any atom is 0.234 e. The van der Waals surface area contributed by atoms with Gasteiger partial charge in [-0.25, -0.2) is 4.98 Å². The topological polar surface area (TPSA) is 42.0 Å². The highest BCUT2D eigenvalue weighted by molar-refractivity contribution is 7.99. The SMILES string of the molecule is Cc1cc(SCC(=O)Nc2c(Cl)cc(Cl)cc2Cl)nc2ccccc12. The number of carbonyl (C=O) groups excluding carboxylic acids is 1. The van der Waals surface area contributed by atoms with Gasteiger partial charge in [-0.1, -0.05) is 64.8 Å². The van der Waals surface area contributed by atoms with E-state index in [9.17, 15) is 4.79 Å². The Morgan fingerprint density at radius 2 is 1.80 bits per heavy atom. The third kappa shape index (κ3) is 4.39. The number of carbonyl (C=O) groups is 1. The van der Waals surface area contributed by atoms with E-state index < -0.39 is 0 Å². The van der Waals surface area contributed by atoms with E-state index in [1.165, 1.54) is 23.9 Å². The number of benzene rings is 2. The van der Waals surface area contributed by atoms with Gasteiger partial charge in [0.1, 0.15) is 0 Å². The van der Waals surface area contributed by atoms with Crippen molar-refractivity contribution >= 4 is 69.1 Å². The molecule has 0 fully saturated rings. The molecule has 1 heterocycles. The number of anilines is 1. The molecule has 0 unspecified atom stereocenters. The Labute approximate surface area is 164 Å². The van der Waals surface area contributed by atoms with Crippen LogP contribution in [0.2, 0.25) is 15.1 Å². The summed E-state index contributed by atoms with van der Waals surface area (Å²) in [6.07, 6.45) is 0. The molecule has 7 heteroatoms. The van der Waals surface area contributed by atoms with Crippen LogP contribution in [0.5, 0.6) is 0 Å². The lowest BCUT2D eigenvalue weighted by molar-refractivity contribution is -0.113.